The summed E-state index contributed by atoms with van der Waals surface area (Å²) in [6.07, 6.45) is 0.840. The maximum absolute atomic E-state index is 12.6. The lowest BCUT2D eigenvalue weighted by Gasteiger charge is -2.03. The summed E-state index contributed by atoms with van der Waals surface area (Å²) in [5.74, 6) is -0.707. The first-order chi connectivity index (χ1) is 12.4. The van der Waals surface area contributed by atoms with Crippen molar-refractivity contribution in [3.63, 3.8) is 0 Å². The molecular weight excluding hydrogens is 397 g/mol. The number of nitrogens with zero attached hydrogens (tertiary/aromatic N) is 3. The lowest BCUT2D eigenvalue weighted by atomic mass is 10.2. The molecule has 0 atom stereocenters. The van der Waals surface area contributed by atoms with Gasteiger partial charge in [0.25, 0.3) is 11.6 Å². The first kappa shape index (κ1) is 18.6. The Bertz CT molecular complexity index is 1090. The van der Waals surface area contributed by atoms with Gasteiger partial charge in [-0.2, -0.15) is 4.99 Å². The number of rotatable bonds is 4. The van der Waals surface area contributed by atoms with E-state index in [1.807, 2.05) is 17.6 Å². The van der Waals surface area contributed by atoms with Crippen molar-refractivity contribution in [3.8, 4) is 0 Å². The zero-order valence-electron chi connectivity index (χ0n) is 13.6. The summed E-state index contributed by atoms with van der Waals surface area (Å²) < 4.78 is 2.79. The van der Waals surface area contributed by atoms with Crippen molar-refractivity contribution in [2.45, 2.75) is 19.9 Å². The molecular formula is C17H13Cl2N3O3S. The van der Waals surface area contributed by atoms with Gasteiger partial charge in [0.1, 0.15) is 5.56 Å². The van der Waals surface area contributed by atoms with Gasteiger partial charge in [0.15, 0.2) is 4.80 Å². The Labute approximate surface area is 162 Å². The second kappa shape index (κ2) is 7.57. The highest BCUT2D eigenvalue weighted by molar-refractivity contribution is 7.16. The van der Waals surface area contributed by atoms with E-state index in [9.17, 15) is 14.9 Å². The fourth-order valence-corrected chi connectivity index (χ4v) is 4.06. The highest BCUT2D eigenvalue weighted by atomic mass is 35.5. The molecule has 0 aliphatic heterocycles. The molecule has 1 aromatic heterocycles. The van der Waals surface area contributed by atoms with Crippen LogP contribution in [0.2, 0.25) is 10.0 Å². The lowest BCUT2D eigenvalue weighted by Crippen LogP contribution is -2.17. The quantitative estimate of drug-likeness (QED) is 0.445. The summed E-state index contributed by atoms with van der Waals surface area (Å²) >= 11 is 13.2. The topological polar surface area (TPSA) is 77.5 Å². The van der Waals surface area contributed by atoms with Crippen LogP contribution in [-0.2, 0) is 6.54 Å². The minimum absolute atomic E-state index is 0.138. The number of thiazole rings is 1. The molecule has 0 aliphatic rings. The summed E-state index contributed by atoms with van der Waals surface area (Å²) in [5, 5.41) is 12.0. The molecule has 1 amide bonds. The smallest absolute Gasteiger partial charge is 0.286 e. The number of aryl methyl sites for hydroxylation is 1. The van der Waals surface area contributed by atoms with E-state index >= 15 is 0 Å². The van der Waals surface area contributed by atoms with E-state index in [-0.39, 0.29) is 16.3 Å². The van der Waals surface area contributed by atoms with E-state index in [4.69, 9.17) is 23.2 Å². The largest absolute Gasteiger partial charge is 0.316 e. The molecule has 0 unspecified atom stereocenters. The number of benzene rings is 2. The van der Waals surface area contributed by atoms with Crippen molar-refractivity contribution in [2.24, 2.45) is 4.99 Å². The number of hydrogen-bond acceptors (Lipinski definition) is 4. The summed E-state index contributed by atoms with van der Waals surface area (Å²) in [6.45, 7) is 2.67. The van der Waals surface area contributed by atoms with E-state index in [2.05, 4.69) is 4.99 Å². The van der Waals surface area contributed by atoms with Crippen LogP contribution in [0.5, 0.6) is 0 Å². The molecule has 0 saturated carbocycles. The minimum Gasteiger partial charge on any atom is -0.316 e. The lowest BCUT2D eigenvalue weighted by molar-refractivity contribution is -0.385. The van der Waals surface area contributed by atoms with E-state index in [1.165, 1.54) is 29.5 Å². The Kier molecular flexibility index (Phi) is 5.41. The van der Waals surface area contributed by atoms with Crippen LogP contribution < -0.4 is 4.80 Å². The number of fused-ring (bicyclic) bond motifs is 1. The Morgan fingerprint density at radius 1 is 1.23 bits per heavy atom. The molecule has 3 rings (SSSR count). The van der Waals surface area contributed by atoms with Crippen molar-refractivity contribution in [1.29, 1.82) is 0 Å². The van der Waals surface area contributed by atoms with E-state index in [0.717, 1.165) is 16.6 Å². The highest BCUT2D eigenvalue weighted by Gasteiger charge is 2.20. The first-order valence-corrected chi connectivity index (χ1v) is 9.30. The van der Waals surface area contributed by atoms with Crippen LogP contribution in [0.3, 0.4) is 0 Å². The second-order valence-corrected chi connectivity index (χ2v) is 7.37. The van der Waals surface area contributed by atoms with Crippen molar-refractivity contribution >= 4 is 56.3 Å². The predicted molar refractivity (Wildman–Crippen MR) is 103 cm³/mol. The summed E-state index contributed by atoms with van der Waals surface area (Å²) in [6, 6.07) is 9.29. The van der Waals surface area contributed by atoms with Gasteiger partial charge in [-0.15, -0.1) is 0 Å². The number of nitro groups is 1. The van der Waals surface area contributed by atoms with Gasteiger partial charge in [-0.3, -0.25) is 14.9 Å². The van der Waals surface area contributed by atoms with Crippen molar-refractivity contribution in [3.05, 3.63) is 66.9 Å². The van der Waals surface area contributed by atoms with Crippen molar-refractivity contribution < 1.29 is 9.72 Å². The molecule has 9 heteroatoms. The Balaban J connectivity index is 2.19. The maximum Gasteiger partial charge on any atom is 0.286 e. The molecule has 3 aromatic rings. The van der Waals surface area contributed by atoms with Crippen LogP contribution in [0.1, 0.15) is 23.7 Å². The number of halogens is 2. The number of carbonyl (C=O) groups excluding carboxylic acids is 1. The normalized spacial score (nSPS) is 11.9. The maximum atomic E-state index is 12.6. The van der Waals surface area contributed by atoms with Gasteiger partial charge < -0.3 is 4.57 Å². The fourth-order valence-electron chi connectivity index (χ4n) is 2.56. The van der Waals surface area contributed by atoms with Crippen LogP contribution in [0.25, 0.3) is 10.2 Å². The van der Waals surface area contributed by atoms with Gasteiger partial charge in [0.2, 0.25) is 0 Å². The number of carbonyl (C=O) groups is 1. The zero-order valence-corrected chi connectivity index (χ0v) is 15.9. The molecule has 0 spiro atoms. The molecule has 0 bridgehead atoms. The third-order valence-corrected chi connectivity index (χ3v) is 5.19. The molecule has 0 aliphatic carbocycles. The molecule has 134 valence electrons. The average molecular weight is 410 g/mol. The van der Waals surface area contributed by atoms with Gasteiger partial charge in [-0.05, 0) is 36.8 Å². The van der Waals surface area contributed by atoms with E-state index in [0.29, 0.717) is 16.4 Å². The van der Waals surface area contributed by atoms with Gasteiger partial charge >= 0.3 is 0 Å². The van der Waals surface area contributed by atoms with Crippen molar-refractivity contribution in [1.82, 2.24) is 4.57 Å². The number of aromatic nitrogens is 1. The molecule has 6 nitrogen and oxygen atoms in total. The summed E-state index contributed by atoms with van der Waals surface area (Å²) in [7, 11) is 0. The average Bonchev–Trinajstić information content (AvgIpc) is 2.91. The summed E-state index contributed by atoms with van der Waals surface area (Å²) in [4.78, 5) is 27.8. The third kappa shape index (κ3) is 3.65. The minimum atomic E-state index is -0.707. The SMILES string of the molecule is CCCn1c(=NC(=O)c2cc(Cl)ccc2[N+](=O)[O-])sc2cc(Cl)ccc21. The van der Waals surface area contributed by atoms with Gasteiger partial charge in [-0.1, -0.05) is 41.5 Å². The molecule has 26 heavy (non-hydrogen) atoms. The summed E-state index contributed by atoms with van der Waals surface area (Å²) in [5.41, 5.74) is 0.448. The number of nitro benzene ring substituents is 1. The predicted octanol–water partition coefficient (Wildman–Crippen LogP) is 5.07. The molecule has 1 heterocycles. The molecule has 0 N–H and O–H groups in total. The first-order valence-electron chi connectivity index (χ1n) is 7.72. The second-order valence-electron chi connectivity index (χ2n) is 5.48. The van der Waals surface area contributed by atoms with Crippen LogP contribution >= 0.6 is 34.5 Å². The van der Waals surface area contributed by atoms with Crippen LogP contribution in [-0.4, -0.2) is 15.4 Å². The molecule has 2 aromatic carbocycles. The van der Waals surface area contributed by atoms with Gasteiger partial charge in [0, 0.05) is 22.7 Å². The van der Waals surface area contributed by atoms with Crippen LogP contribution in [0.15, 0.2) is 41.4 Å². The van der Waals surface area contributed by atoms with Crippen molar-refractivity contribution in [2.75, 3.05) is 0 Å². The highest BCUT2D eigenvalue weighted by Crippen LogP contribution is 2.25. The van der Waals surface area contributed by atoms with E-state index in [1.54, 1.807) is 12.1 Å². The molecule has 0 fully saturated rings. The van der Waals surface area contributed by atoms with Crippen LogP contribution in [0.4, 0.5) is 5.69 Å². The third-order valence-electron chi connectivity index (χ3n) is 3.67. The Morgan fingerprint density at radius 2 is 1.92 bits per heavy atom. The number of amides is 1. The Morgan fingerprint density at radius 3 is 2.62 bits per heavy atom. The standard InChI is InChI=1S/C17H13Cl2N3O3S/c1-2-7-21-14-6-4-11(19)9-15(14)26-17(21)20-16(23)12-8-10(18)3-5-13(12)22(24)25/h3-6,8-9H,2,7H2,1H3. The molecule has 0 radical (unpaired) electrons. The monoisotopic (exact) mass is 409 g/mol. The number of hydrogen-bond donors (Lipinski definition) is 0. The Hall–Kier alpha value is -2.22. The fraction of sp³-hybridized carbons (Fsp3) is 0.176. The zero-order chi connectivity index (χ0) is 18.8. The molecule has 0 saturated heterocycles. The van der Waals surface area contributed by atoms with Gasteiger partial charge in [0.05, 0.1) is 15.1 Å². The van der Waals surface area contributed by atoms with Gasteiger partial charge in [-0.25, -0.2) is 0 Å². The van der Waals surface area contributed by atoms with E-state index < -0.39 is 10.8 Å². The van der Waals surface area contributed by atoms with Crippen LogP contribution in [0, 0.1) is 10.1 Å².